The Hall–Kier alpha value is 0.270. The second-order valence-corrected chi connectivity index (χ2v) is 5.68. The van der Waals surface area contributed by atoms with Gasteiger partial charge < -0.3 is 0 Å². The van der Waals surface area contributed by atoms with E-state index >= 15 is 0 Å². The summed E-state index contributed by atoms with van der Waals surface area (Å²) in [5.41, 5.74) is 0.674. The molecule has 0 radical (unpaired) electrons. The normalized spacial score (nSPS) is 44.6. The molecule has 2 aliphatic rings. The Morgan fingerprint density at radius 2 is 2.60 bits per heavy atom. The molecule has 0 aromatic heterocycles. The number of halogens is 1. The third kappa shape index (κ3) is 0.881. The molecule has 0 saturated heterocycles. The molecule has 10 heavy (non-hydrogen) atoms. The van der Waals surface area contributed by atoms with Crippen LogP contribution in [0.1, 0.15) is 13.3 Å². The van der Waals surface area contributed by atoms with E-state index < -0.39 is 0 Å². The molecule has 2 heteroatoms. The Balaban J connectivity index is 2.16. The molecule has 1 aliphatic heterocycles. The van der Waals surface area contributed by atoms with Crippen LogP contribution in [-0.4, -0.2) is 11.5 Å². The van der Waals surface area contributed by atoms with Gasteiger partial charge in [0, 0.05) is 0 Å². The number of hydrogen-bond acceptors (Lipinski definition) is 1. The molecular formula is C8H12IO-. The van der Waals surface area contributed by atoms with Crippen molar-refractivity contribution in [3.05, 3.63) is 9.84 Å². The standard InChI is InChI=1S/C8H12IO/c1-8-3-6(8)7(10-2)4-9-5-8/h4,6H,3,5H2,1-2H3/q-1/t6-,8?/m1/s1. The van der Waals surface area contributed by atoms with E-state index in [1.807, 2.05) is 0 Å². The van der Waals surface area contributed by atoms with Gasteiger partial charge in [-0.2, -0.15) is 0 Å². The van der Waals surface area contributed by atoms with Gasteiger partial charge in [0.15, 0.2) is 0 Å². The molecule has 2 atom stereocenters. The van der Waals surface area contributed by atoms with Crippen LogP contribution in [0.4, 0.5) is 0 Å². The molecule has 1 aliphatic carbocycles. The van der Waals surface area contributed by atoms with Gasteiger partial charge in [0.05, 0.1) is 0 Å². The quantitative estimate of drug-likeness (QED) is 0.411. The molecule has 1 unspecified atom stereocenters. The van der Waals surface area contributed by atoms with E-state index in [2.05, 4.69) is 11.0 Å². The zero-order valence-corrected chi connectivity index (χ0v) is 8.51. The minimum atomic E-state index is 0.333. The maximum absolute atomic E-state index is 5.30. The van der Waals surface area contributed by atoms with Crippen LogP contribution in [0, 0.1) is 11.3 Å². The van der Waals surface area contributed by atoms with Crippen molar-refractivity contribution in [2.45, 2.75) is 13.3 Å². The number of hydrogen-bond donors (Lipinski definition) is 0. The molecule has 0 aromatic carbocycles. The summed E-state index contributed by atoms with van der Waals surface area (Å²) in [6.07, 6.45) is 1.38. The fourth-order valence-electron chi connectivity index (χ4n) is 1.55. The van der Waals surface area contributed by atoms with Crippen molar-refractivity contribution in [1.29, 1.82) is 0 Å². The van der Waals surface area contributed by atoms with Crippen LogP contribution in [0.2, 0.25) is 0 Å². The summed E-state index contributed by atoms with van der Waals surface area (Å²) in [4.78, 5) is 0. The van der Waals surface area contributed by atoms with Crippen molar-refractivity contribution < 1.29 is 25.9 Å². The number of allylic oxidation sites excluding steroid dienone is 1. The van der Waals surface area contributed by atoms with Crippen LogP contribution in [0.25, 0.3) is 0 Å². The zero-order valence-electron chi connectivity index (χ0n) is 6.36. The van der Waals surface area contributed by atoms with E-state index in [0.29, 0.717) is 26.6 Å². The van der Waals surface area contributed by atoms with Crippen molar-refractivity contribution in [2.24, 2.45) is 11.3 Å². The van der Waals surface area contributed by atoms with Crippen molar-refractivity contribution in [3.63, 3.8) is 0 Å². The van der Waals surface area contributed by atoms with E-state index in [-0.39, 0.29) is 0 Å². The first-order valence-electron chi connectivity index (χ1n) is 3.58. The van der Waals surface area contributed by atoms with Crippen molar-refractivity contribution in [1.82, 2.24) is 0 Å². The van der Waals surface area contributed by atoms with Gasteiger partial charge in [0.25, 0.3) is 0 Å². The van der Waals surface area contributed by atoms with E-state index in [0.717, 1.165) is 5.92 Å². The first-order chi connectivity index (χ1) is 4.76. The number of rotatable bonds is 1. The van der Waals surface area contributed by atoms with Gasteiger partial charge in [-0.3, -0.25) is 0 Å². The molecule has 0 N–H and O–H groups in total. The van der Waals surface area contributed by atoms with Gasteiger partial charge in [-0.1, -0.05) is 0 Å². The molecule has 0 spiro atoms. The van der Waals surface area contributed by atoms with Gasteiger partial charge >= 0.3 is 72.0 Å². The maximum atomic E-state index is 5.30. The summed E-state index contributed by atoms with van der Waals surface area (Å²) < 4.78 is 9.13. The molecule has 1 nitrogen and oxygen atoms in total. The van der Waals surface area contributed by atoms with Crippen molar-refractivity contribution >= 4 is 0 Å². The monoisotopic (exact) mass is 251 g/mol. The Bertz CT molecular complexity index is 188. The fraction of sp³-hybridized carbons (Fsp3) is 0.750. The summed E-state index contributed by atoms with van der Waals surface area (Å²) in [7, 11) is 1.81. The molecular weight excluding hydrogens is 239 g/mol. The SMILES string of the molecule is COC1=C[I-]CC2(C)C[C@H]12. The van der Waals surface area contributed by atoms with Gasteiger partial charge in [0.1, 0.15) is 0 Å². The van der Waals surface area contributed by atoms with E-state index in [1.54, 1.807) is 7.11 Å². The van der Waals surface area contributed by atoms with E-state index in [1.165, 1.54) is 16.6 Å². The molecule has 0 amide bonds. The number of ether oxygens (including phenoxy) is 1. The van der Waals surface area contributed by atoms with Crippen LogP contribution >= 0.6 is 0 Å². The third-order valence-electron chi connectivity index (χ3n) is 2.50. The van der Waals surface area contributed by atoms with Crippen LogP contribution < -0.4 is 21.2 Å². The van der Waals surface area contributed by atoms with Gasteiger partial charge in [0.2, 0.25) is 0 Å². The average Bonchev–Trinajstić information content (AvgIpc) is 2.59. The first kappa shape index (κ1) is 6.95. The Morgan fingerprint density at radius 1 is 1.80 bits per heavy atom. The van der Waals surface area contributed by atoms with Gasteiger partial charge in [-0.15, -0.1) is 0 Å². The molecule has 1 heterocycles. The topological polar surface area (TPSA) is 9.23 Å². The number of methoxy groups -OCH3 is 1. The van der Waals surface area contributed by atoms with Gasteiger partial charge in [-0.05, 0) is 0 Å². The van der Waals surface area contributed by atoms with Crippen LogP contribution in [0.5, 0.6) is 0 Å². The van der Waals surface area contributed by atoms with Crippen molar-refractivity contribution in [3.8, 4) is 0 Å². The summed E-state index contributed by atoms with van der Waals surface area (Å²) in [5.74, 6) is 2.09. The van der Waals surface area contributed by atoms with Crippen molar-refractivity contribution in [2.75, 3.05) is 11.5 Å². The van der Waals surface area contributed by atoms with Crippen LogP contribution in [0.15, 0.2) is 9.84 Å². The molecule has 2 rings (SSSR count). The summed E-state index contributed by atoms with van der Waals surface area (Å²) in [6.45, 7) is 2.39. The second-order valence-electron chi connectivity index (χ2n) is 3.41. The molecule has 58 valence electrons. The van der Waals surface area contributed by atoms with E-state index in [4.69, 9.17) is 4.74 Å². The zero-order chi connectivity index (χ0) is 7.19. The number of fused-ring (bicyclic) bond motifs is 1. The molecule has 0 bridgehead atoms. The minimum absolute atomic E-state index is 0.333. The molecule has 1 saturated carbocycles. The first-order valence-corrected chi connectivity index (χ1v) is 6.35. The fourth-order valence-corrected chi connectivity index (χ4v) is 4.74. The summed E-state index contributed by atoms with van der Waals surface area (Å²) >= 11 is 0.333. The van der Waals surface area contributed by atoms with E-state index in [9.17, 15) is 0 Å². The van der Waals surface area contributed by atoms with Crippen LogP contribution in [-0.2, 0) is 4.74 Å². The summed E-state index contributed by atoms with van der Waals surface area (Å²) in [5, 5.41) is 0. The molecule has 0 aromatic rings. The number of alkyl halides is 1. The third-order valence-corrected chi connectivity index (χ3v) is 5.74. The Kier molecular flexibility index (Phi) is 1.48. The van der Waals surface area contributed by atoms with Crippen LogP contribution in [0.3, 0.4) is 0 Å². The van der Waals surface area contributed by atoms with Gasteiger partial charge in [-0.25, -0.2) is 0 Å². The summed E-state index contributed by atoms with van der Waals surface area (Å²) in [6, 6.07) is 0. The Labute approximate surface area is 72.1 Å². The second kappa shape index (κ2) is 2.13. The Morgan fingerprint density at radius 3 is 3.20 bits per heavy atom. The predicted molar refractivity (Wildman–Crippen MR) is 36.2 cm³/mol. The molecule has 1 fully saturated rings. The predicted octanol–water partition coefficient (Wildman–Crippen LogP) is -1.40. The average molecular weight is 251 g/mol.